The van der Waals surface area contributed by atoms with E-state index in [1.165, 1.54) is 0 Å². The second-order valence-corrected chi connectivity index (χ2v) is 3.65. The molecule has 78 valence electrons. The van der Waals surface area contributed by atoms with Crippen LogP contribution in [0.25, 0.3) is 5.69 Å². The van der Waals surface area contributed by atoms with Gasteiger partial charge in [0.25, 0.3) is 0 Å². The predicted octanol–water partition coefficient (Wildman–Crippen LogP) is 2.33. The summed E-state index contributed by atoms with van der Waals surface area (Å²) in [6.07, 6.45) is 1.62. The fourth-order valence-corrected chi connectivity index (χ4v) is 1.73. The number of nitrogens with zero attached hydrogens (tertiary/aromatic N) is 2. The third kappa shape index (κ3) is 1.76. The van der Waals surface area contributed by atoms with Crippen molar-refractivity contribution in [3.8, 4) is 5.69 Å². The molecule has 0 aliphatic rings. The maximum atomic E-state index is 9.20. The lowest BCUT2D eigenvalue weighted by atomic mass is 10.2. The molecule has 0 aliphatic carbocycles. The molecule has 0 amide bonds. The molecule has 15 heavy (non-hydrogen) atoms. The van der Waals surface area contributed by atoms with Crippen LogP contribution in [-0.2, 0) is 6.61 Å². The number of halogens is 1. The Bertz CT molecular complexity index is 479. The number of hydrogen-bond acceptors (Lipinski definition) is 2. The van der Waals surface area contributed by atoms with E-state index in [2.05, 4.69) is 4.98 Å². The molecule has 0 fully saturated rings. The number of benzene rings is 1. The number of rotatable bonds is 2. The lowest BCUT2D eigenvalue weighted by Gasteiger charge is -2.09. The minimum atomic E-state index is -0.118. The van der Waals surface area contributed by atoms with Crippen molar-refractivity contribution in [3.05, 3.63) is 47.0 Å². The number of imidazole rings is 1. The molecule has 0 radical (unpaired) electrons. The number of aliphatic hydroxyl groups is 1. The van der Waals surface area contributed by atoms with Gasteiger partial charge in [-0.15, -0.1) is 0 Å². The van der Waals surface area contributed by atoms with Crippen molar-refractivity contribution in [1.82, 2.24) is 9.55 Å². The molecule has 0 atom stereocenters. The van der Waals surface area contributed by atoms with Crippen LogP contribution in [-0.4, -0.2) is 14.7 Å². The molecule has 1 N–H and O–H groups in total. The molecule has 2 rings (SSSR count). The second-order valence-electron chi connectivity index (χ2n) is 3.30. The van der Waals surface area contributed by atoms with Gasteiger partial charge in [-0.25, -0.2) is 4.98 Å². The Morgan fingerprint density at radius 3 is 2.80 bits per heavy atom. The van der Waals surface area contributed by atoms with Crippen LogP contribution < -0.4 is 0 Å². The van der Waals surface area contributed by atoms with Crippen LogP contribution in [0.3, 0.4) is 0 Å². The molecule has 0 saturated carbocycles. The Labute approximate surface area is 93.0 Å². The highest BCUT2D eigenvalue weighted by atomic mass is 35.5. The second kappa shape index (κ2) is 4.04. The summed E-state index contributed by atoms with van der Waals surface area (Å²) in [6, 6.07) is 7.88. The Hall–Kier alpha value is -1.32. The first kappa shape index (κ1) is 10.2. The zero-order chi connectivity index (χ0) is 10.8. The summed E-state index contributed by atoms with van der Waals surface area (Å²) in [5.74, 6) is 0. The number of para-hydroxylation sites is 1. The van der Waals surface area contributed by atoms with Crippen LogP contribution in [0, 0.1) is 6.92 Å². The van der Waals surface area contributed by atoms with Gasteiger partial charge in [0.05, 0.1) is 12.3 Å². The summed E-state index contributed by atoms with van der Waals surface area (Å²) in [4.78, 5) is 3.97. The number of hydrogen-bond donors (Lipinski definition) is 1. The topological polar surface area (TPSA) is 38.0 Å². The largest absolute Gasteiger partial charge is 0.390 e. The summed E-state index contributed by atoms with van der Waals surface area (Å²) >= 11 is 5.86. The number of aromatic nitrogens is 2. The molecule has 1 aromatic heterocycles. The van der Waals surface area contributed by atoms with Crippen molar-refractivity contribution in [1.29, 1.82) is 0 Å². The molecular formula is C11H11ClN2O. The summed E-state index contributed by atoms with van der Waals surface area (Å²) < 4.78 is 1.80. The lowest BCUT2D eigenvalue weighted by molar-refractivity contribution is 0.274. The summed E-state index contributed by atoms with van der Waals surface area (Å²) in [6.45, 7) is 1.89. The SMILES string of the molecule is Cc1ccccc1-n1cnc(Cl)c1CO. The minimum absolute atomic E-state index is 0.118. The average Bonchev–Trinajstić information content (AvgIpc) is 2.60. The predicted molar refractivity (Wildman–Crippen MR) is 59.2 cm³/mol. The van der Waals surface area contributed by atoms with Gasteiger partial charge < -0.3 is 5.11 Å². The van der Waals surface area contributed by atoms with Crippen LogP contribution in [0.4, 0.5) is 0 Å². The highest BCUT2D eigenvalue weighted by Gasteiger charge is 2.10. The van der Waals surface area contributed by atoms with E-state index >= 15 is 0 Å². The maximum Gasteiger partial charge on any atom is 0.153 e. The van der Waals surface area contributed by atoms with E-state index < -0.39 is 0 Å². The zero-order valence-corrected chi connectivity index (χ0v) is 9.07. The van der Waals surface area contributed by atoms with Gasteiger partial charge in [0, 0.05) is 5.69 Å². The molecule has 3 nitrogen and oxygen atoms in total. The van der Waals surface area contributed by atoms with Gasteiger partial charge in [-0.1, -0.05) is 29.8 Å². The molecule has 1 aromatic carbocycles. The Morgan fingerprint density at radius 2 is 2.13 bits per heavy atom. The molecule has 0 spiro atoms. The molecule has 0 unspecified atom stereocenters. The first-order chi connectivity index (χ1) is 7.24. The zero-order valence-electron chi connectivity index (χ0n) is 8.31. The summed E-state index contributed by atoms with van der Waals surface area (Å²) in [5, 5.41) is 9.54. The molecule has 4 heteroatoms. The minimum Gasteiger partial charge on any atom is -0.390 e. The van der Waals surface area contributed by atoms with Crippen molar-refractivity contribution in [2.45, 2.75) is 13.5 Å². The quantitative estimate of drug-likeness (QED) is 0.847. The Balaban J connectivity index is 2.59. The smallest absolute Gasteiger partial charge is 0.153 e. The van der Waals surface area contributed by atoms with E-state index in [0.29, 0.717) is 10.8 Å². The first-order valence-electron chi connectivity index (χ1n) is 4.62. The summed E-state index contributed by atoms with van der Waals surface area (Å²) in [5.41, 5.74) is 2.72. The Kier molecular flexibility index (Phi) is 2.75. The van der Waals surface area contributed by atoms with E-state index in [4.69, 9.17) is 11.6 Å². The molecule has 0 bridgehead atoms. The third-order valence-corrected chi connectivity index (χ3v) is 2.66. The van der Waals surface area contributed by atoms with Crippen LogP contribution in [0.15, 0.2) is 30.6 Å². The maximum absolute atomic E-state index is 9.20. The average molecular weight is 223 g/mol. The van der Waals surface area contributed by atoms with Crippen LogP contribution >= 0.6 is 11.6 Å². The molecular weight excluding hydrogens is 212 g/mol. The highest BCUT2D eigenvalue weighted by Crippen LogP contribution is 2.20. The Morgan fingerprint density at radius 1 is 1.40 bits per heavy atom. The third-order valence-electron chi connectivity index (χ3n) is 2.34. The monoisotopic (exact) mass is 222 g/mol. The van der Waals surface area contributed by atoms with Gasteiger partial charge in [-0.3, -0.25) is 4.57 Å². The molecule has 0 aliphatic heterocycles. The van der Waals surface area contributed by atoms with Gasteiger partial charge in [-0.05, 0) is 18.6 Å². The fourth-order valence-electron chi connectivity index (χ4n) is 1.53. The molecule has 2 aromatic rings. The van der Waals surface area contributed by atoms with Crippen molar-refractivity contribution < 1.29 is 5.11 Å². The van der Waals surface area contributed by atoms with Gasteiger partial charge >= 0.3 is 0 Å². The van der Waals surface area contributed by atoms with E-state index in [0.717, 1.165) is 11.3 Å². The first-order valence-corrected chi connectivity index (χ1v) is 5.00. The van der Waals surface area contributed by atoms with E-state index in [9.17, 15) is 5.11 Å². The van der Waals surface area contributed by atoms with E-state index in [1.807, 2.05) is 31.2 Å². The number of aliphatic hydroxyl groups excluding tert-OH is 1. The van der Waals surface area contributed by atoms with Gasteiger partial charge in [-0.2, -0.15) is 0 Å². The molecule has 1 heterocycles. The van der Waals surface area contributed by atoms with Crippen molar-refractivity contribution in [2.75, 3.05) is 0 Å². The fraction of sp³-hybridized carbons (Fsp3) is 0.182. The van der Waals surface area contributed by atoms with E-state index in [-0.39, 0.29) is 6.61 Å². The van der Waals surface area contributed by atoms with Crippen LogP contribution in [0.2, 0.25) is 5.15 Å². The van der Waals surface area contributed by atoms with Crippen LogP contribution in [0.1, 0.15) is 11.3 Å². The highest BCUT2D eigenvalue weighted by molar-refractivity contribution is 6.30. The van der Waals surface area contributed by atoms with Gasteiger partial charge in [0.15, 0.2) is 5.15 Å². The van der Waals surface area contributed by atoms with Crippen LogP contribution in [0.5, 0.6) is 0 Å². The standard InChI is InChI=1S/C11H11ClN2O/c1-8-4-2-3-5-9(8)14-7-13-11(12)10(14)6-15/h2-5,7,15H,6H2,1H3. The molecule has 0 saturated heterocycles. The van der Waals surface area contributed by atoms with Gasteiger partial charge in [0.2, 0.25) is 0 Å². The lowest BCUT2D eigenvalue weighted by Crippen LogP contribution is -2.00. The normalized spacial score (nSPS) is 10.6. The van der Waals surface area contributed by atoms with E-state index in [1.54, 1.807) is 10.9 Å². The summed E-state index contributed by atoms with van der Waals surface area (Å²) in [7, 11) is 0. The van der Waals surface area contributed by atoms with Crippen molar-refractivity contribution in [2.24, 2.45) is 0 Å². The van der Waals surface area contributed by atoms with Crippen molar-refractivity contribution in [3.63, 3.8) is 0 Å². The van der Waals surface area contributed by atoms with Crippen molar-refractivity contribution >= 4 is 11.6 Å². The number of aryl methyl sites for hydroxylation is 1. The van der Waals surface area contributed by atoms with Gasteiger partial charge in [0.1, 0.15) is 6.33 Å².